The van der Waals surface area contributed by atoms with Crippen LogP contribution in [0, 0.1) is 11.3 Å². The van der Waals surface area contributed by atoms with Crippen LogP contribution >= 0.6 is 11.8 Å². The normalized spacial score (nSPS) is 13.9. The van der Waals surface area contributed by atoms with Crippen LogP contribution in [0.5, 0.6) is 0 Å². The minimum Gasteiger partial charge on any atom is -0.350 e. The number of hydrogen-bond donors (Lipinski definition) is 1. The second-order valence-corrected chi connectivity index (χ2v) is 6.55. The molecular weight excluding hydrogens is 318 g/mol. The number of anilines is 1. The molecule has 2 heterocycles. The molecule has 0 fully saturated rings. The molecule has 0 saturated carbocycles. The van der Waals surface area contributed by atoms with E-state index in [0.717, 1.165) is 26.7 Å². The van der Waals surface area contributed by atoms with E-state index in [4.69, 9.17) is 5.26 Å². The SMILES string of the molecule is C=C1Nc2ccc(C(c3ccc(C#N)cc3)n3cncn3)cc2S1. The number of hydrogen-bond acceptors (Lipinski definition) is 5. The zero-order valence-electron chi connectivity index (χ0n) is 12.7. The molecule has 1 aliphatic heterocycles. The predicted molar refractivity (Wildman–Crippen MR) is 93.5 cm³/mol. The standard InChI is InChI=1S/C18H13N5S/c1-12-22-16-7-6-15(8-17(16)24-12)18(23-11-20-10-21-23)14-4-2-13(9-19)3-5-14/h2-8,10-11,18,22H,1H2. The van der Waals surface area contributed by atoms with Crippen molar-refractivity contribution in [1.82, 2.24) is 14.8 Å². The van der Waals surface area contributed by atoms with Crippen molar-refractivity contribution in [1.29, 1.82) is 5.26 Å². The van der Waals surface area contributed by atoms with Gasteiger partial charge >= 0.3 is 0 Å². The fourth-order valence-corrected chi connectivity index (χ4v) is 3.64. The number of nitrogens with zero attached hydrogens (tertiary/aromatic N) is 4. The maximum absolute atomic E-state index is 9.00. The largest absolute Gasteiger partial charge is 0.350 e. The highest BCUT2D eigenvalue weighted by atomic mass is 32.2. The van der Waals surface area contributed by atoms with Gasteiger partial charge in [-0.3, -0.25) is 0 Å². The van der Waals surface area contributed by atoms with E-state index in [1.165, 1.54) is 6.33 Å². The summed E-state index contributed by atoms with van der Waals surface area (Å²) >= 11 is 1.63. The van der Waals surface area contributed by atoms with Gasteiger partial charge in [-0.05, 0) is 35.4 Å². The van der Waals surface area contributed by atoms with Gasteiger partial charge in [0.2, 0.25) is 0 Å². The molecule has 1 N–H and O–H groups in total. The summed E-state index contributed by atoms with van der Waals surface area (Å²) in [6.45, 7) is 3.96. The van der Waals surface area contributed by atoms with Gasteiger partial charge in [0, 0.05) is 4.90 Å². The van der Waals surface area contributed by atoms with E-state index in [-0.39, 0.29) is 6.04 Å². The Morgan fingerprint density at radius 1 is 1.17 bits per heavy atom. The first-order valence-corrected chi connectivity index (χ1v) is 8.18. The van der Waals surface area contributed by atoms with Crippen molar-refractivity contribution in [2.45, 2.75) is 10.9 Å². The molecular formula is C18H13N5S. The van der Waals surface area contributed by atoms with E-state index >= 15 is 0 Å². The lowest BCUT2D eigenvalue weighted by Crippen LogP contribution is -2.13. The quantitative estimate of drug-likeness (QED) is 0.791. The number of nitriles is 1. The van der Waals surface area contributed by atoms with Crippen molar-refractivity contribution in [2.24, 2.45) is 0 Å². The van der Waals surface area contributed by atoms with Crippen molar-refractivity contribution >= 4 is 17.4 Å². The average molecular weight is 331 g/mol. The Labute approximate surface area is 143 Å². The van der Waals surface area contributed by atoms with Crippen molar-refractivity contribution in [2.75, 3.05) is 5.32 Å². The lowest BCUT2D eigenvalue weighted by Gasteiger charge is -2.19. The number of rotatable bonds is 3. The van der Waals surface area contributed by atoms with Crippen LogP contribution in [0.15, 0.2) is 71.6 Å². The molecule has 116 valence electrons. The van der Waals surface area contributed by atoms with E-state index in [2.05, 4.69) is 46.2 Å². The van der Waals surface area contributed by atoms with Gasteiger partial charge in [-0.2, -0.15) is 10.4 Å². The molecule has 0 bridgehead atoms. The molecule has 1 atom stereocenters. The van der Waals surface area contributed by atoms with Crippen LogP contribution in [0.4, 0.5) is 5.69 Å². The third-order valence-electron chi connectivity index (χ3n) is 3.89. The minimum atomic E-state index is -0.0972. The monoisotopic (exact) mass is 331 g/mol. The number of fused-ring (bicyclic) bond motifs is 1. The maximum atomic E-state index is 9.00. The lowest BCUT2D eigenvalue weighted by atomic mass is 9.97. The van der Waals surface area contributed by atoms with Gasteiger partial charge in [0.05, 0.1) is 22.3 Å². The van der Waals surface area contributed by atoms with Gasteiger partial charge in [0.15, 0.2) is 0 Å². The Balaban J connectivity index is 1.81. The molecule has 1 unspecified atom stereocenters. The second kappa shape index (κ2) is 5.87. The molecule has 1 aromatic heterocycles. The molecule has 0 amide bonds. The summed E-state index contributed by atoms with van der Waals surface area (Å²) < 4.78 is 1.82. The first-order chi connectivity index (χ1) is 11.7. The Morgan fingerprint density at radius 2 is 1.96 bits per heavy atom. The third-order valence-corrected chi connectivity index (χ3v) is 4.79. The van der Waals surface area contributed by atoms with Crippen LogP contribution in [0.3, 0.4) is 0 Å². The minimum absolute atomic E-state index is 0.0972. The van der Waals surface area contributed by atoms with Gasteiger partial charge in [0.25, 0.3) is 0 Å². The van der Waals surface area contributed by atoms with E-state index in [0.29, 0.717) is 5.56 Å². The Bertz CT molecular complexity index is 939. The Hall–Kier alpha value is -3.04. The fraction of sp³-hybridized carbons (Fsp3) is 0.0556. The maximum Gasteiger partial charge on any atom is 0.137 e. The Kier molecular flexibility index (Phi) is 3.56. The summed E-state index contributed by atoms with van der Waals surface area (Å²) in [7, 11) is 0. The summed E-state index contributed by atoms with van der Waals surface area (Å²) in [5, 5.41) is 17.5. The molecule has 6 heteroatoms. The van der Waals surface area contributed by atoms with Crippen LogP contribution in [0.1, 0.15) is 22.7 Å². The molecule has 0 spiro atoms. The van der Waals surface area contributed by atoms with Gasteiger partial charge in [-0.15, -0.1) is 0 Å². The molecule has 24 heavy (non-hydrogen) atoms. The second-order valence-electron chi connectivity index (χ2n) is 5.42. The van der Waals surface area contributed by atoms with Crippen LogP contribution in [-0.4, -0.2) is 14.8 Å². The van der Waals surface area contributed by atoms with E-state index in [1.807, 2.05) is 28.9 Å². The first-order valence-electron chi connectivity index (χ1n) is 7.36. The average Bonchev–Trinajstić information content (AvgIpc) is 3.24. The molecule has 0 saturated heterocycles. The van der Waals surface area contributed by atoms with Gasteiger partial charge in [-0.25, -0.2) is 9.67 Å². The topological polar surface area (TPSA) is 66.5 Å². The zero-order chi connectivity index (χ0) is 16.5. The molecule has 0 radical (unpaired) electrons. The molecule has 1 aliphatic rings. The van der Waals surface area contributed by atoms with Crippen LogP contribution < -0.4 is 5.32 Å². The van der Waals surface area contributed by atoms with E-state index < -0.39 is 0 Å². The lowest BCUT2D eigenvalue weighted by molar-refractivity contribution is 0.593. The van der Waals surface area contributed by atoms with Gasteiger partial charge in [0.1, 0.15) is 18.7 Å². The number of nitrogens with one attached hydrogen (secondary N) is 1. The number of benzene rings is 2. The highest BCUT2D eigenvalue weighted by molar-refractivity contribution is 8.03. The van der Waals surface area contributed by atoms with Crippen LogP contribution in [-0.2, 0) is 0 Å². The van der Waals surface area contributed by atoms with E-state index in [9.17, 15) is 0 Å². The van der Waals surface area contributed by atoms with Crippen molar-refractivity contribution in [3.63, 3.8) is 0 Å². The summed E-state index contributed by atoms with van der Waals surface area (Å²) in [5.74, 6) is 0. The smallest absolute Gasteiger partial charge is 0.137 e. The molecule has 3 aromatic rings. The molecule has 0 aliphatic carbocycles. The first kappa shape index (κ1) is 14.5. The molecule has 2 aromatic carbocycles. The number of aromatic nitrogens is 3. The zero-order valence-corrected chi connectivity index (χ0v) is 13.5. The van der Waals surface area contributed by atoms with Crippen molar-refractivity contribution in [3.05, 3.63) is 83.4 Å². The highest BCUT2D eigenvalue weighted by Crippen LogP contribution is 2.42. The summed E-state index contributed by atoms with van der Waals surface area (Å²) in [6, 6.07) is 15.9. The Morgan fingerprint density at radius 3 is 2.67 bits per heavy atom. The summed E-state index contributed by atoms with van der Waals surface area (Å²) in [6.07, 6.45) is 3.24. The third kappa shape index (κ3) is 2.55. The summed E-state index contributed by atoms with van der Waals surface area (Å²) in [5.41, 5.74) is 3.87. The molecule has 5 nitrogen and oxygen atoms in total. The van der Waals surface area contributed by atoms with Crippen molar-refractivity contribution in [3.8, 4) is 6.07 Å². The number of thioether (sulfide) groups is 1. The highest BCUT2D eigenvalue weighted by Gasteiger charge is 2.21. The van der Waals surface area contributed by atoms with Gasteiger partial charge in [-0.1, -0.05) is 36.5 Å². The predicted octanol–water partition coefficient (Wildman–Crippen LogP) is 3.78. The van der Waals surface area contributed by atoms with Crippen LogP contribution in [0.25, 0.3) is 0 Å². The van der Waals surface area contributed by atoms with E-state index in [1.54, 1.807) is 18.1 Å². The van der Waals surface area contributed by atoms with Crippen LogP contribution in [0.2, 0.25) is 0 Å². The van der Waals surface area contributed by atoms with Gasteiger partial charge < -0.3 is 5.32 Å². The summed E-state index contributed by atoms with van der Waals surface area (Å²) in [4.78, 5) is 5.23. The van der Waals surface area contributed by atoms with Crippen molar-refractivity contribution < 1.29 is 0 Å². The fourth-order valence-electron chi connectivity index (χ4n) is 2.79. The molecule has 4 rings (SSSR count).